The van der Waals surface area contributed by atoms with Gasteiger partial charge in [0.1, 0.15) is 0 Å². The Bertz CT molecular complexity index is 547. The number of hydrogen-bond donors (Lipinski definition) is 1. The van der Waals surface area contributed by atoms with Gasteiger partial charge in [0.2, 0.25) is 0 Å². The lowest BCUT2D eigenvalue weighted by molar-refractivity contribution is 0.591. The predicted octanol–water partition coefficient (Wildman–Crippen LogP) is 5.16. The molecule has 0 aromatic heterocycles. The van der Waals surface area contributed by atoms with Crippen LogP contribution in [0.1, 0.15) is 44.4 Å². The fourth-order valence-electron chi connectivity index (χ4n) is 2.38. The minimum Gasteiger partial charge on any atom is -0.381 e. The first-order valence-corrected chi connectivity index (χ1v) is 7.42. The highest BCUT2D eigenvalue weighted by molar-refractivity contribution is 5.54. The third-order valence-electron chi connectivity index (χ3n) is 3.65. The Hall–Kier alpha value is -1.76. The molecule has 0 saturated heterocycles. The summed E-state index contributed by atoms with van der Waals surface area (Å²) < 4.78 is 0. The van der Waals surface area contributed by atoms with Gasteiger partial charge in [-0.15, -0.1) is 0 Å². The lowest BCUT2D eigenvalue weighted by atomic mass is 9.86. The van der Waals surface area contributed by atoms with Gasteiger partial charge in [0, 0.05) is 12.2 Å². The van der Waals surface area contributed by atoms with Crippen LogP contribution >= 0.6 is 0 Å². The molecule has 0 spiro atoms. The van der Waals surface area contributed by atoms with Crippen LogP contribution in [0.5, 0.6) is 0 Å². The Balaban J connectivity index is 2.10. The van der Waals surface area contributed by atoms with Gasteiger partial charge in [-0.1, -0.05) is 70.2 Å². The number of para-hydroxylation sites is 1. The van der Waals surface area contributed by atoms with Crippen molar-refractivity contribution in [2.75, 3.05) is 5.32 Å². The molecule has 0 radical (unpaired) electrons. The molecule has 0 saturated carbocycles. The van der Waals surface area contributed by atoms with E-state index in [0.29, 0.717) is 0 Å². The average Bonchev–Trinajstić information content (AvgIpc) is 2.45. The molecular weight excluding hydrogens is 242 g/mol. The van der Waals surface area contributed by atoms with Crippen molar-refractivity contribution >= 4 is 5.69 Å². The zero-order chi connectivity index (χ0) is 14.6. The minimum absolute atomic E-state index is 0.162. The van der Waals surface area contributed by atoms with E-state index in [1.54, 1.807) is 0 Å². The summed E-state index contributed by atoms with van der Waals surface area (Å²) in [6.45, 7) is 9.82. The largest absolute Gasteiger partial charge is 0.381 e. The van der Waals surface area contributed by atoms with Crippen LogP contribution in [0.2, 0.25) is 0 Å². The molecule has 1 heteroatoms. The number of aryl methyl sites for hydroxylation is 1. The highest BCUT2D eigenvalue weighted by Gasteiger charge is 2.16. The number of benzene rings is 2. The molecule has 1 nitrogen and oxygen atoms in total. The van der Waals surface area contributed by atoms with Crippen LogP contribution < -0.4 is 5.32 Å². The van der Waals surface area contributed by atoms with E-state index in [0.717, 1.165) is 13.0 Å². The van der Waals surface area contributed by atoms with Gasteiger partial charge in [0.15, 0.2) is 0 Å². The van der Waals surface area contributed by atoms with Crippen molar-refractivity contribution in [3.8, 4) is 0 Å². The van der Waals surface area contributed by atoms with E-state index in [4.69, 9.17) is 0 Å². The van der Waals surface area contributed by atoms with Crippen molar-refractivity contribution in [2.45, 2.75) is 46.1 Å². The molecule has 0 aliphatic rings. The monoisotopic (exact) mass is 267 g/mol. The van der Waals surface area contributed by atoms with Crippen LogP contribution in [-0.2, 0) is 18.4 Å². The third kappa shape index (κ3) is 3.63. The van der Waals surface area contributed by atoms with Gasteiger partial charge in [-0.05, 0) is 34.6 Å². The van der Waals surface area contributed by atoms with Crippen molar-refractivity contribution in [1.29, 1.82) is 0 Å². The Kier molecular flexibility index (Phi) is 4.49. The molecule has 2 rings (SSSR count). The van der Waals surface area contributed by atoms with Gasteiger partial charge in [-0.3, -0.25) is 0 Å². The van der Waals surface area contributed by atoms with Crippen LogP contribution in [0.4, 0.5) is 5.69 Å². The van der Waals surface area contributed by atoms with Gasteiger partial charge in [-0.25, -0.2) is 0 Å². The highest BCUT2D eigenvalue weighted by atomic mass is 14.9. The number of rotatable bonds is 4. The maximum Gasteiger partial charge on any atom is 0.0400 e. The Morgan fingerprint density at radius 3 is 2.05 bits per heavy atom. The lowest BCUT2D eigenvalue weighted by Gasteiger charge is -2.23. The van der Waals surface area contributed by atoms with E-state index in [1.807, 2.05) is 0 Å². The fraction of sp³-hybridized carbons (Fsp3) is 0.368. The van der Waals surface area contributed by atoms with E-state index in [9.17, 15) is 0 Å². The topological polar surface area (TPSA) is 12.0 Å². The quantitative estimate of drug-likeness (QED) is 0.807. The summed E-state index contributed by atoms with van der Waals surface area (Å²) in [4.78, 5) is 0. The van der Waals surface area contributed by atoms with Crippen molar-refractivity contribution in [1.82, 2.24) is 0 Å². The Morgan fingerprint density at radius 1 is 0.850 bits per heavy atom. The first kappa shape index (κ1) is 14.6. The first-order valence-electron chi connectivity index (χ1n) is 7.42. The fourth-order valence-corrected chi connectivity index (χ4v) is 2.38. The van der Waals surface area contributed by atoms with E-state index in [-0.39, 0.29) is 5.41 Å². The van der Waals surface area contributed by atoms with Gasteiger partial charge < -0.3 is 5.32 Å². The smallest absolute Gasteiger partial charge is 0.0400 e. The second-order valence-corrected chi connectivity index (χ2v) is 6.32. The van der Waals surface area contributed by atoms with Crippen molar-refractivity contribution in [2.24, 2.45) is 0 Å². The molecular formula is C19H25N. The summed E-state index contributed by atoms with van der Waals surface area (Å²) in [5.41, 5.74) is 5.48. The predicted molar refractivity (Wildman–Crippen MR) is 88.3 cm³/mol. The number of nitrogens with one attached hydrogen (secondary N) is 1. The van der Waals surface area contributed by atoms with E-state index in [1.165, 1.54) is 22.4 Å². The molecule has 0 amide bonds. The van der Waals surface area contributed by atoms with Crippen LogP contribution in [0, 0.1) is 0 Å². The molecule has 1 N–H and O–H groups in total. The third-order valence-corrected chi connectivity index (χ3v) is 3.65. The lowest BCUT2D eigenvalue weighted by Crippen LogP contribution is -2.14. The summed E-state index contributed by atoms with van der Waals surface area (Å²) >= 11 is 0. The Labute approximate surface area is 123 Å². The molecule has 0 heterocycles. The van der Waals surface area contributed by atoms with E-state index < -0.39 is 0 Å². The summed E-state index contributed by atoms with van der Waals surface area (Å²) in [6, 6.07) is 17.4. The van der Waals surface area contributed by atoms with Gasteiger partial charge >= 0.3 is 0 Å². The second-order valence-electron chi connectivity index (χ2n) is 6.32. The van der Waals surface area contributed by atoms with E-state index >= 15 is 0 Å². The molecule has 0 unspecified atom stereocenters. The summed E-state index contributed by atoms with van der Waals surface area (Å²) in [6.07, 6.45) is 1.10. The molecule has 2 aromatic rings. The van der Waals surface area contributed by atoms with Gasteiger partial charge in [-0.2, -0.15) is 0 Å². The second kappa shape index (κ2) is 6.13. The zero-order valence-electron chi connectivity index (χ0n) is 13.0. The van der Waals surface area contributed by atoms with E-state index in [2.05, 4.69) is 81.5 Å². The molecule has 0 atom stereocenters. The molecule has 2 aromatic carbocycles. The van der Waals surface area contributed by atoms with Crippen molar-refractivity contribution in [3.05, 3.63) is 65.2 Å². The van der Waals surface area contributed by atoms with Crippen LogP contribution in [0.15, 0.2) is 48.5 Å². The summed E-state index contributed by atoms with van der Waals surface area (Å²) in [7, 11) is 0. The molecule has 20 heavy (non-hydrogen) atoms. The minimum atomic E-state index is 0.162. The standard InChI is InChI=1S/C19H25N/c1-5-15-10-12-16(13-11-15)14-20-18-9-7-6-8-17(18)19(2,3)4/h6-13,20H,5,14H2,1-4H3. The van der Waals surface area contributed by atoms with Crippen LogP contribution in [0.25, 0.3) is 0 Å². The molecule has 0 fully saturated rings. The van der Waals surface area contributed by atoms with Gasteiger partial charge in [0.05, 0.1) is 0 Å². The molecule has 0 aliphatic carbocycles. The van der Waals surface area contributed by atoms with Gasteiger partial charge in [0.25, 0.3) is 0 Å². The van der Waals surface area contributed by atoms with Crippen molar-refractivity contribution < 1.29 is 0 Å². The average molecular weight is 267 g/mol. The summed E-state index contributed by atoms with van der Waals surface area (Å²) in [5.74, 6) is 0. The molecule has 106 valence electrons. The SMILES string of the molecule is CCc1ccc(CNc2ccccc2C(C)(C)C)cc1. The molecule has 0 aliphatic heterocycles. The number of anilines is 1. The maximum absolute atomic E-state index is 3.57. The summed E-state index contributed by atoms with van der Waals surface area (Å²) in [5, 5.41) is 3.57. The van der Waals surface area contributed by atoms with Crippen LogP contribution in [0.3, 0.4) is 0 Å². The Morgan fingerprint density at radius 2 is 1.45 bits per heavy atom. The highest BCUT2D eigenvalue weighted by Crippen LogP contribution is 2.29. The maximum atomic E-state index is 3.57. The first-order chi connectivity index (χ1) is 9.50. The number of hydrogen-bond acceptors (Lipinski definition) is 1. The zero-order valence-corrected chi connectivity index (χ0v) is 13.0. The van der Waals surface area contributed by atoms with Crippen molar-refractivity contribution in [3.63, 3.8) is 0 Å². The van der Waals surface area contributed by atoms with Crippen LogP contribution in [-0.4, -0.2) is 0 Å². The molecule has 0 bridgehead atoms. The normalized spacial score (nSPS) is 11.4.